The molecule has 244 valence electrons. The van der Waals surface area contributed by atoms with Gasteiger partial charge in [0, 0.05) is 33.0 Å². The lowest BCUT2D eigenvalue weighted by molar-refractivity contribution is 0.477. The number of benzene rings is 8. The van der Waals surface area contributed by atoms with Gasteiger partial charge in [-0.2, -0.15) is 0 Å². The molecule has 1 N–H and O–H groups in total. The van der Waals surface area contributed by atoms with E-state index in [1.54, 1.807) is 6.07 Å². The number of rotatable bonds is 5. The highest BCUT2D eigenvalue weighted by molar-refractivity contribution is 6.09. The lowest BCUT2D eigenvalue weighted by atomic mass is 9.89. The molecule has 0 aliphatic heterocycles. The molecular formula is C47H29N3O2. The monoisotopic (exact) mass is 667 g/mol. The van der Waals surface area contributed by atoms with E-state index in [-0.39, 0.29) is 5.75 Å². The van der Waals surface area contributed by atoms with Crippen molar-refractivity contribution < 1.29 is 9.52 Å². The van der Waals surface area contributed by atoms with Crippen LogP contribution in [0.25, 0.3) is 99.9 Å². The second kappa shape index (κ2) is 12.0. The van der Waals surface area contributed by atoms with Gasteiger partial charge in [0.25, 0.3) is 0 Å². The molecule has 5 heteroatoms. The summed E-state index contributed by atoms with van der Waals surface area (Å²) < 4.78 is 6.18. The summed E-state index contributed by atoms with van der Waals surface area (Å²) >= 11 is 0. The lowest BCUT2D eigenvalue weighted by Gasteiger charge is -2.18. The van der Waals surface area contributed by atoms with Crippen molar-refractivity contribution in [2.24, 2.45) is 0 Å². The molecule has 0 saturated carbocycles. The highest BCUT2D eigenvalue weighted by atomic mass is 16.3. The Morgan fingerprint density at radius 1 is 0.365 bits per heavy atom. The predicted molar refractivity (Wildman–Crippen MR) is 211 cm³/mol. The molecule has 0 fully saturated rings. The van der Waals surface area contributed by atoms with E-state index in [1.807, 2.05) is 91.0 Å². The van der Waals surface area contributed by atoms with E-state index in [1.165, 1.54) is 16.2 Å². The van der Waals surface area contributed by atoms with Gasteiger partial charge in [-0.05, 0) is 74.6 Å². The molecule has 0 radical (unpaired) electrons. The Balaban J connectivity index is 1.25. The molecule has 10 aromatic rings. The van der Waals surface area contributed by atoms with Crippen molar-refractivity contribution in [2.75, 3.05) is 0 Å². The molecule has 0 aliphatic carbocycles. The molecule has 2 heterocycles. The van der Waals surface area contributed by atoms with Crippen molar-refractivity contribution in [1.82, 2.24) is 15.0 Å². The minimum Gasteiger partial charge on any atom is -0.507 e. The number of fused-ring (bicyclic) bond motifs is 6. The number of phenols is 1. The van der Waals surface area contributed by atoms with Gasteiger partial charge in [-0.1, -0.05) is 133 Å². The first-order chi connectivity index (χ1) is 25.7. The van der Waals surface area contributed by atoms with E-state index in [0.717, 1.165) is 55.1 Å². The van der Waals surface area contributed by atoms with Gasteiger partial charge < -0.3 is 9.52 Å². The van der Waals surface area contributed by atoms with Crippen LogP contribution in [0.5, 0.6) is 5.75 Å². The molecule has 0 atom stereocenters. The number of para-hydroxylation sites is 1. The van der Waals surface area contributed by atoms with Crippen molar-refractivity contribution in [3.8, 4) is 62.2 Å². The molecule has 0 saturated heterocycles. The highest BCUT2D eigenvalue weighted by Crippen LogP contribution is 2.45. The number of hydrogen-bond donors (Lipinski definition) is 1. The summed E-state index contributed by atoms with van der Waals surface area (Å²) in [5.74, 6) is 1.69. The summed E-state index contributed by atoms with van der Waals surface area (Å²) in [6.45, 7) is 0. The third-order valence-corrected chi connectivity index (χ3v) is 9.83. The Labute approximate surface area is 299 Å². The van der Waals surface area contributed by atoms with Gasteiger partial charge in [0.05, 0.1) is 0 Å². The van der Waals surface area contributed by atoms with Gasteiger partial charge in [-0.15, -0.1) is 0 Å². The van der Waals surface area contributed by atoms with Crippen LogP contribution in [-0.4, -0.2) is 20.1 Å². The maximum Gasteiger partial charge on any atom is 0.165 e. The van der Waals surface area contributed by atoms with Gasteiger partial charge in [0.2, 0.25) is 0 Å². The molecule has 0 bridgehead atoms. The first-order valence-corrected chi connectivity index (χ1v) is 17.2. The third-order valence-electron chi connectivity index (χ3n) is 9.83. The number of nitrogens with zero attached hydrogens (tertiary/aromatic N) is 3. The second-order valence-electron chi connectivity index (χ2n) is 13.0. The van der Waals surface area contributed by atoms with E-state index in [0.29, 0.717) is 28.6 Å². The van der Waals surface area contributed by atoms with Gasteiger partial charge >= 0.3 is 0 Å². The number of aromatic nitrogens is 3. The largest absolute Gasteiger partial charge is 0.507 e. The average Bonchev–Trinajstić information content (AvgIpc) is 3.59. The van der Waals surface area contributed by atoms with Crippen molar-refractivity contribution in [3.63, 3.8) is 0 Å². The van der Waals surface area contributed by atoms with E-state index in [9.17, 15) is 5.11 Å². The summed E-state index contributed by atoms with van der Waals surface area (Å²) in [7, 11) is 0. The van der Waals surface area contributed by atoms with Crippen LogP contribution in [-0.2, 0) is 0 Å². The molecule has 52 heavy (non-hydrogen) atoms. The minimum atomic E-state index is 0.139. The standard InChI is InChI=1S/C47H29N3O2/c51-40-25-24-37(33-22-26-42-39(28-33)38-17-9-10-18-41(38)52-42)44(43(40)30-12-3-1-4-13-30)47-49-45(31-14-5-2-6-15-31)48-46(50-47)34-21-23-36-32(27-34)20-19-29-11-7-8-16-35(29)36/h1-28,51H. The first-order valence-electron chi connectivity index (χ1n) is 17.2. The molecule has 10 rings (SSSR count). The fourth-order valence-electron chi connectivity index (χ4n) is 7.34. The van der Waals surface area contributed by atoms with E-state index < -0.39 is 0 Å². The predicted octanol–water partition coefficient (Wildman–Crippen LogP) is 12.1. The Morgan fingerprint density at radius 3 is 1.81 bits per heavy atom. The van der Waals surface area contributed by atoms with Crippen LogP contribution in [0.4, 0.5) is 0 Å². The Bertz CT molecular complexity index is 2970. The molecule has 5 nitrogen and oxygen atoms in total. The summed E-state index contributed by atoms with van der Waals surface area (Å²) in [5.41, 5.74) is 7.44. The zero-order chi connectivity index (χ0) is 34.6. The van der Waals surface area contributed by atoms with Gasteiger partial charge in [-0.3, -0.25) is 0 Å². The smallest absolute Gasteiger partial charge is 0.165 e. The molecule has 0 amide bonds. The maximum atomic E-state index is 11.6. The SMILES string of the molecule is Oc1ccc(-c2ccc3oc4ccccc4c3c2)c(-c2nc(-c3ccccc3)nc(-c3ccc4c(ccc5ccccc54)c3)n2)c1-c1ccccc1. The van der Waals surface area contributed by atoms with Crippen LogP contribution in [0.2, 0.25) is 0 Å². The van der Waals surface area contributed by atoms with E-state index in [4.69, 9.17) is 19.4 Å². The van der Waals surface area contributed by atoms with E-state index >= 15 is 0 Å². The van der Waals surface area contributed by atoms with Crippen molar-refractivity contribution in [2.45, 2.75) is 0 Å². The Morgan fingerprint density at radius 2 is 0.981 bits per heavy atom. The second-order valence-corrected chi connectivity index (χ2v) is 13.0. The third kappa shape index (κ3) is 4.98. The molecule has 0 aliphatic rings. The zero-order valence-electron chi connectivity index (χ0n) is 27.9. The normalized spacial score (nSPS) is 11.5. The van der Waals surface area contributed by atoms with Crippen LogP contribution in [0.3, 0.4) is 0 Å². The summed E-state index contributed by atoms with van der Waals surface area (Å²) in [6, 6.07) is 57.0. The van der Waals surface area contributed by atoms with Crippen LogP contribution in [0, 0.1) is 0 Å². The van der Waals surface area contributed by atoms with Gasteiger partial charge in [-0.25, -0.2) is 15.0 Å². The minimum absolute atomic E-state index is 0.139. The fraction of sp³-hybridized carbons (Fsp3) is 0. The van der Waals surface area contributed by atoms with Crippen molar-refractivity contribution >= 4 is 43.5 Å². The van der Waals surface area contributed by atoms with Crippen LogP contribution in [0.1, 0.15) is 0 Å². The highest BCUT2D eigenvalue weighted by Gasteiger charge is 2.23. The summed E-state index contributed by atoms with van der Waals surface area (Å²) in [6.07, 6.45) is 0. The van der Waals surface area contributed by atoms with Gasteiger partial charge in [0.1, 0.15) is 16.9 Å². The summed E-state index contributed by atoms with van der Waals surface area (Å²) in [5, 5.41) is 18.4. The lowest BCUT2D eigenvalue weighted by Crippen LogP contribution is -2.02. The number of hydrogen-bond acceptors (Lipinski definition) is 5. The number of phenolic OH excluding ortho intramolecular Hbond substituents is 1. The Kier molecular flexibility index (Phi) is 6.89. The molecule has 2 aromatic heterocycles. The first kappa shape index (κ1) is 29.8. The number of furan rings is 1. The van der Waals surface area contributed by atoms with Crippen LogP contribution in [0.15, 0.2) is 174 Å². The molecule has 0 spiro atoms. The fourth-order valence-corrected chi connectivity index (χ4v) is 7.34. The van der Waals surface area contributed by atoms with Crippen LogP contribution < -0.4 is 0 Å². The van der Waals surface area contributed by atoms with Gasteiger partial charge in [0.15, 0.2) is 17.5 Å². The zero-order valence-corrected chi connectivity index (χ0v) is 27.9. The maximum absolute atomic E-state index is 11.6. The molecule has 8 aromatic carbocycles. The topological polar surface area (TPSA) is 72.0 Å². The van der Waals surface area contributed by atoms with Crippen molar-refractivity contribution in [3.05, 3.63) is 170 Å². The van der Waals surface area contributed by atoms with Crippen LogP contribution >= 0.6 is 0 Å². The average molecular weight is 668 g/mol. The molecular weight excluding hydrogens is 639 g/mol. The Hall–Kier alpha value is -7.11. The number of aromatic hydroxyl groups is 1. The van der Waals surface area contributed by atoms with E-state index in [2.05, 4.69) is 72.8 Å². The quantitative estimate of drug-likeness (QED) is 0.185. The summed E-state index contributed by atoms with van der Waals surface area (Å²) in [4.78, 5) is 15.5. The van der Waals surface area contributed by atoms with Crippen molar-refractivity contribution in [1.29, 1.82) is 0 Å². The molecule has 0 unspecified atom stereocenters.